The molecular formula is C21H18ClFN3OS+. The fraction of sp³-hybridized carbons (Fsp3) is 0.143. The number of rotatable bonds is 5. The fourth-order valence-corrected chi connectivity index (χ4v) is 4.45. The lowest BCUT2D eigenvalue weighted by atomic mass is 10.1. The molecule has 0 spiro atoms. The minimum Gasteiger partial charge on any atom is -0.327 e. The van der Waals surface area contributed by atoms with Crippen molar-refractivity contribution in [2.75, 3.05) is 7.05 Å². The van der Waals surface area contributed by atoms with Crippen LogP contribution in [0, 0.1) is 5.82 Å². The van der Waals surface area contributed by atoms with Gasteiger partial charge in [-0.15, -0.1) is 11.3 Å². The van der Waals surface area contributed by atoms with E-state index in [4.69, 9.17) is 11.6 Å². The Bertz CT molecular complexity index is 1190. The second kappa shape index (κ2) is 7.83. The Morgan fingerprint density at radius 3 is 2.61 bits per heavy atom. The van der Waals surface area contributed by atoms with Gasteiger partial charge in [0, 0.05) is 27.1 Å². The molecular weight excluding hydrogens is 397 g/mol. The lowest BCUT2D eigenvalue weighted by molar-refractivity contribution is -0.908. The lowest BCUT2D eigenvalue weighted by Crippen LogP contribution is -3.06. The van der Waals surface area contributed by atoms with Crippen LogP contribution < -0.4 is 10.5 Å². The maximum atomic E-state index is 13.0. The van der Waals surface area contributed by atoms with Crippen molar-refractivity contribution < 1.29 is 9.29 Å². The van der Waals surface area contributed by atoms with Crippen LogP contribution in [0.4, 0.5) is 4.39 Å². The van der Waals surface area contributed by atoms with Crippen LogP contribution in [-0.4, -0.2) is 17.0 Å². The summed E-state index contributed by atoms with van der Waals surface area (Å²) >= 11 is 7.74. The van der Waals surface area contributed by atoms with Gasteiger partial charge >= 0.3 is 0 Å². The van der Waals surface area contributed by atoms with Crippen molar-refractivity contribution in [2.24, 2.45) is 0 Å². The summed E-state index contributed by atoms with van der Waals surface area (Å²) < 4.78 is 13.0. The molecule has 4 aromatic rings. The zero-order valence-electron chi connectivity index (χ0n) is 15.1. The van der Waals surface area contributed by atoms with Crippen molar-refractivity contribution in [1.29, 1.82) is 0 Å². The summed E-state index contributed by atoms with van der Waals surface area (Å²) in [6.45, 7) is 1.26. The van der Waals surface area contributed by atoms with E-state index in [1.807, 2.05) is 36.7 Å². The van der Waals surface area contributed by atoms with E-state index in [1.165, 1.54) is 23.5 Å². The first kappa shape index (κ1) is 18.8. The highest BCUT2D eigenvalue weighted by molar-refractivity contribution is 7.17. The number of H-pyrrole nitrogens is 1. The smallest absolute Gasteiger partial charge is 0.260 e. The third kappa shape index (κ3) is 3.85. The summed E-state index contributed by atoms with van der Waals surface area (Å²) in [4.78, 5) is 22.1. The van der Waals surface area contributed by atoms with Gasteiger partial charge in [0.1, 0.15) is 23.7 Å². The van der Waals surface area contributed by atoms with Gasteiger partial charge in [-0.25, -0.2) is 9.37 Å². The Balaban J connectivity index is 1.61. The molecule has 1 atom stereocenters. The van der Waals surface area contributed by atoms with Crippen molar-refractivity contribution >= 4 is 33.2 Å². The first-order chi connectivity index (χ1) is 13.5. The Morgan fingerprint density at radius 1 is 1.11 bits per heavy atom. The highest BCUT2D eigenvalue weighted by Gasteiger charge is 2.16. The quantitative estimate of drug-likeness (QED) is 0.523. The van der Waals surface area contributed by atoms with Crippen LogP contribution in [0.2, 0.25) is 5.02 Å². The Hall–Kier alpha value is -2.54. The van der Waals surface area contributed by atoms with E-state index in [-0.39, 0.29) is 11.4 Å². The summed E-state index contributed by atoms with van der Waals surface area (Å²) in [5, 5.41) is 3.10. The van der Waals surface area contributed by atoms with E-state index >= 15 is 0 Å². The first-order valence-electron chi connectivity index (χ1n) is 8.82. The molecule has 0 aliphatic heterocycles. The maximum Gasteiger partial charge on any atom is 0.260 e. The number of fused-ring (bicyclic) bond motifs is 1. The van der Waals surface area contributed by atoms with E-state index in [0.717, 1.165) is 21.6 Å². The number of aromatic nitrogens is 2. The normalized spacial score (nSPS) is 12.4. The Morgan fingerprint density at radius 2 is 1.86 bits per heavy atom. The number of benzene rings is 2. The van der Waals surface area contributed by atoms with Crippen molar-refractivity contribution in [3.05, 3.63) is 86.5 Å². The molecule has 142 valence electrons. The number of nitrogens with zero attached hydrogens (tertiary/aromatic N) is 1. The molecule has 0 amide bonds. The summed E-state index contributed by atoms with van der Waals surface area (Å²) in [6, 6.07) is 13.9. The third-order valence-corrected chi connectivity index (χ3v) is 5.75. The number of aromatic amines is 1. The summed E-state index contributed by atoms with van der Waals surface area (Å²) in [7, 11) is 2.01. The van der Waals surface area contributed by atoms with E-state index in [0.29, 0.717) is 34.2 Å². The molecule has 1 unspecified atom stereocenters. The molecule has 7 heteroatoms. The highest BCUT2D eigenvalue weighted by atomic mass is 35.5. The monoisotopic (exact) mass is 414 g/mol. The molecule has 4 rings (SSSR count). The van der Waals surface area contributed by atoms with Gasteiger partial charge in [0.15, 0.2) is 5.82 Å². The minimum atomic E-state index is -0.245. The predicted molar refractivity (Wildman–Crippen MR) is 111 cm³/mol. The predicted octanol–water partition coefficient (Wildman–Crippen LogP) is 3.66. The SMILES string of the molecule is C[NH+](Cc1ccc(F)cc1)Cc1nc2scc(-c3ccccc3Cl)c2c(=O)[nH]1. The molecule has 0 fully saturated rings. The zero-order valence-corrected chi connectivity index (χ0v) is 16.7. The minimum absolute atomic E-state index is 0.161. The van der Waals surface area contributed by atoms with Crippen LogP contribution in [0.3, 0.4) is 0 Å². The average molecular weight is 415 g/mol. The topological polar surface area (TPSA) is 50.2 Å². The van der Waals surface area contributed by atoms with Crippen LogP contribution in [0.1, 0.15) is 11.4 Å². The lowest BCUT2D eigenvalue weighted by Gasteiger charge is -2.13. The van der Waals surface area contributed by atoms with Gasteiger partial charge in [-0.05, 0) is 18.2 Å². The molecule has 2 aromatic heterocycles. The van der Waals surface area contributed by atoms with Gasteiger partial charge in [-0.1, -0.05) is 41.9 Å². The second-order valence-corrected chi connectivity index (χ2v) is 8.02. The molecule has 0 aliphatic carbocycles. The largest absolute Gasteiger partial charge is 0.327 e. The first-order valence-corrected chi connectivity index (χ1v) is 10.1. The van der Waals surface area contributed by atoms with Crippen molar-refractivity contribution in [3.8, 4) is 11.1 Å². The maximum absolute atomic E-state index is 13.0. The van der Waals surface area contributed by atoms with Crippen molar-refractivity contribution in [3.63, 3.8) is 0 Å². The molecule has 0 saturated heterocycles. The van der Waals surface area contributed by atoms with E-state index in [9.17, 15) is 9.18 Å². The molecule has 0 bridgehead atoms. The van der Waals surface area contributed by atoms with Gasteiger partial charge in [-0.2, -0.15) is 0 Å². The van der Waals surface area contributed by atoms with Crippen LogP contribution in [0.5, 0.6) is 0 Å². The second-order valence-electron chi connectivity index (χ2n) is 6.76. The molecule has 0 aliphatic rings. The van der Waals surface area contributed by atoms with Crippen LogP contribution >= 0.6 is 22.9 Å². The Kier molecular flexibility index (Phi) is 5.26. The number of hydrogen-bond acceptors (Lipinski definition) is 3. The van der Waals surface area contributed by atoms with Gasteiger partial charge in [0.05, 0.1) is 12.4 Å². The van der Waals surface area contributed by atoms with Crippen molar-refractivity contribution in [2.45, 2.75) is 13.1 Å². The zero-order chi connectivity index (χ0) is 19.7. The number of halogens is 2. The standard InChI is InChI=1S/C21H17ClFN3OS/c1-26(10-13-6-8-14(23)9-7-13)11-18-24-20(27)19-16(12-28-21(19)25-18)15-4-2-3-5-17(15)22/h2-9,12H,10-11H2,1H3,(H,24,25,27)/p+1. The average Bonchev–Trinajstić information content (AvgIpc) is 3.08. The molecule has 2 heterocycles. The van der Waals surface area contributed by atoms with Crippen LogP contribution in [0.25, 0.3) is 21.3 Å². The highest BCUT2D eigenvalue weighted by Crippen LogP contribution is 2.34. The molecule has 2 N–H and O–H groups in total. The van der Waals surface area contributed by atoms with Crippen molar-refractivity contribution in [1.82, 2.24) is 9.97 Å². The van der Waals surface area contributed by atoms with Gasteiger partial charge in [-0.3, -0.25) is 4.79 Å². The molecule has 4 nitrogen and oxygen atoms in total. The van der Waals surface area contributed by atoms with E-state index in [1.54, 1.807) is 12.1 Å². The number of hydrogen-bond donors (Lipinski definition) is 2. The van der Waals surface area contributed by atoms with Gasteiger partial charge < -0.3 is 9.88 Å². The van der Waals surface area contributed by atoms with Crippen LogP contribution in [-0.2, 0) is 13.1 Å². The van der Waals surface area contributed by atoms with E-state index in [2.05, 4.69) is 9.97 Å². The van der Waals surface area contributed by atoms with Crippen LogP contribution in [0.15, 0.2) is 58.7 Å². The molecule has 2 aromatic carbocycles. The Labute approximate surface area is 170 Å². The molecule has 0 radical (unpaired) electrons. The number of nitrogens with one attached hydrogen (secondary N) is 2. The third-order valence-electron chi connectivity index (χ3n) is 4.55. The van der Waals surface area contributed by atoms with Gasteiger partial charge in [0.2, 0.25) is 0 Å². The summed E-state index contributed by atoms with van der Waals surface area (Å²) in [5.41, 5.74) is 2.50. The van der Waals surface area contributed by atoms with E-state index < -0.39 is 0 Å². The fourth-order valence-electron chi connectivity index (χ4n) is 3.25. The number of thiophene rings is 1. The van der Waals surface area contributed by atoms with Gasteiger partial charge in [0.25, 0.3) is 5.56 Å². The number of quaternary nitrogens is 1. The summed E-state index contributed by atoms with van der Waals surface area (Å²) in [6.07, 6.45) is 0. The molecule has 0 saturated carbocycles. The summed E-state index contributed by atoms with van der Waals surface area (Å²) in [5.74, 6) is 0.384. The molecule has 28 heavy (non-hydrogen) atoms.